The number of hydrogen-bond donors (Lipinski definition) is 1. The van der Waals surface area contributed by atoms with Gasteiger partial charge in [-0.3, -0.25) is 4.79 Å². The molecule has 0 bridgehead atoms. The van der Waals surface area contributed by atoms with Gasteiger partial charge in [0.15, 0.2) is 0 Å². The molecule has 0 spiro atoms. The van der Waals surface area contributed by atoms with Crippen LogP contribution in [-0.2, 0) is 4.79 Å². The Morgan fingerprint density at radius 1 is 1.62 bits per heavy atom. The smallest absolute Gasteiger partial charge is 0.226 e. The van der Waals surface area contributed by atoms with Crippen LogP contribution >= 0.6 is 0 Å². The zero-order chi connectivity index (χ0) is 10.5. The van der Waals surface area contributed by atoms with Gasteiger partial charge in [-0.2, -0.15) is 0 Å². The van der Waals surface area contributed by atoms with Crippen molar-refractivity contribution in [1.82, 2.24) is 4.90 Å². The maximum atomic E-state index is 11.4. The normalized spacial score (nSPS) is 11.1. The summed E-state index contributed by atoms with van der Waals surface area (Å²) in [6.45, 7) is 9.77. The van der Waals surface area contributed by atoms with Crippen molar-refractivity contribution < 1.29 is 9.90 Å². The molecule has 0 aliphatic rings. The number of likely N-dealkylation sites (N-methyl/N-ethyl adjacent to an activating group) is 1. The molecule has 0 saturated heterocycles. The van der Waals surface area contributed by atoms with E-state index in [1.54, 1.807) is 24.8 Å². The van der Waals surface area contributed by atoms with Crippen LogP contribution in [0.3, 0.4) is 0 Å². The lowest BCUT2D eigenvalue weighted by Gasteiger charge is -2.27. The van der Waals surface area contributed by atoms with Crippen LogP contribution in [0.25, 0.3) is 0 Å². The molecule has 13 heavy (non-hydrogen) atoms. The maximum absolute atomic E-state index is 11.4. The van der Waals surface area contributed by atoms with Gasteiger partial charge < -0.3 is 10.0 Å². The number of amides is 1. The van der Waals surface area contributed by atoms with Crippen molar-refractivity contribution in [2.75, 3.05) is 13.1 Å². The SMILES string of the molecule is C=CCC(=O)N(CC)CC(C)(C)O. The highest BCUT2D eigenvalue weighted by Gasteiger charge is 2.19. The Hall–Kier alpha value is -0.830. The molecule has 76 valence electrons. The van der Waals surface area contributed by atoms with Crippen LogP contribution in [0.5, 0.6) is 0 Å². The number of aliphatic hydroxyl groups is 1. The highest BCUT2D eigenvalue weighted by Crippen LogP contribution is 2.06. The highest BCUT2D eigenvalue weighted by molar-refractivity contribution is 5.77. The Morgan fingerprint density at radius 3 is 2.46 bits per heavy atom. The number of hydrogen-bond acceptors (Lipinski definition) is 2. The van der Waals surface area contributed by atoms with Crippen LogP contribution in [0.1, 0.15) is 27.2 Å². The maximum Gasteiger partial charge on any atom is 0.226 e. The Labute approximate surface area is 80.0 Å². The second-order valence-corrected chi connectivity index (χ2v) is 3.71. The molecule has 0 aromatic carbocycles. The summed E-state index contributed by atoms with van der Waals surface area (Å²) < 4.78 is 0. The summed E-state index contributed by atoms with van der Waals surface area (Å²) in [5, 5.41) is 9.52. The van der Waals surface area contributed by atoms with Crippen molar-refractivity contribution in [3.8, 4) is 0 Å². The van der Waals surface area contributed by atoms with Crippen LogP contribution in [-0.4, -0.2) is 34.6 Å². The van der Waals surface area contributed by atoms with E-state index in [0.717, 1.165) is 0 Å². The van der Waals surface area contributed by atoms with Gasteiger partial charge in [0.2, 0.25) is 5.91 Å². The first kappa shape index (κ1) is 12.2. The summed E-state index contributed by atoms with van der Waals surface area (Å²) in [5.74, 6) is 0.0135. The van der Waals surface area contributed by atoms with Gasteiger partial charge in [0.1, 0.15) is 0 Å². The number of rotatable bonds is 5. The van der Waals surface area contributed by atoms with E-state index in [-0.39, 0.29) is 5.91 Å². The molecule has 1 N–H and O–H groups in total. The van der Waals surface area contributed by atoms with Crippen molar-refractivity contribution in [3.05, 3.63) is 12.7 Å². The second kappa shape index (κ2) is 5.02. The molecule has 0 fully saturated rings. The lowest BCUT2D eigenvalue weighted by Crippen LogP contribution is -2.41. The third-order valence-corrected chi connectivity index (χ3v) is 1.63. The van der Waals surface area contributed by atoms with E-state index in [2.05, 4.69) is 6.58 Å². The number of nitrogens with zero attached hydrogens (tertiary/aromatic N) is 1. The predicted molar refractivity (Wildman–Crippen MR) is 53.4 cm³/mol. The van der Waals surface area contributed by atoms with Crippen LogP contribution in [0.4, 0.5) is 0 Å². The van der Waals surface area contributed by atoms with Crippen LogP contribution in [0.2, 0.25) is 0 Å². The zero-order valence-electron chi connectivity index (χ0n) is 8.71. The van der Waals surface area contributed by atoms with Gasteiger partial charge in [-0.25, -0.2) is 0 Å². The fourth-order valence-electron chi connectivity index (χ4n) is 1.10. The molecule has 0 saturated carbocycles. The lowest BCUT2D eigenvalue weighted by atomic mass is 10.1. The predicted octanol–water partition coefficient (Wildman–Crippen LogP) is 1.18. The van der Waals surface area contributed by atoms with E-state index >= 15 is 0 Å². The van der Waals surface area contributed by atoms with Gasteiger partial charge >= 0.3 is 0 Å². The van der Waals surface area contributed by atoms with Gasteiger partial charge in [-0.15, -0.1) is 6.58 Å². The fourth-order valence-corrected chi connectivity index (χ4v) is 1.10. The summed E-state index contributed by atoms with van der Waals surface area (Å²) in [5.41, 5.74) is -0.827. The summed E-state index contributed by atoms with van der Waals surface area (Å²) in [7, 11) is 0. The Kier molecular flexibility index (Phi) is 4.70. The molecule has 0 aliphatic carbocycles. The van der Waals surface area contributed by atoms with E-state index < -0.39 is 5.60 Å². The molecule has 0 unspecified atom stereocenters. The molecular weight excluding hydrogens is 166 g/mol. The molecule has 0 atom stereocenters. The standard InChI is InChI=1S/C10H19NO2/c1-5-7-9(12)11(6-2)8-10(3,4)13/h5,13H,1,6-8H2,2-4H3. The van der Waals surface area contributed by atoms with Crippen molar-refractivity contribution in [1.29, 1.82) is 0 Å². The number of carbonyl (C=O) groups excluding carboxylic acids is 1. The van der Waals surface area contributed by atoms with Crippen molar-refractivity contribution in [2.24, 2.45) is 0 Å². The highest BCUT2D eigenvalue weighted by atomic mass is 16.3. The van der Waals surface area contributed by atoms with E-state index in [0.29, 0.717) is 19.5 Å². The number of carbonyl (C=O) groups is 1. The molecule has 0 radical (unpaired) electrons. The van der Waals surface area contributed by atoms with Gasteiger partial charge in [-0.05, 0) is 20.8 Å². The topological polar surface area (TPSA) is 40.5 Å². The molecule has 0 aromatic heterocycles. The quantitative estimate of drug-likeness (QED) is 0.653. The lowest BCUT2D eigenvalue weighted by molar-refractivity contribution is -0.132. The van der Waals surface area contributed by atoms with E-state index in [9.17, 15) is 9.90 Å². The van der Waals surface area contributed by atoms with Crippen LogP contribution in [0.15, 0.2) is 12.7 Å². The van der Waals surface area contributed by atoms with E-state index in [1.165, 1.54) is 0 Å². The first-order valence-electron chi connectivity index (χ1n) is 4.51. The average Bonchev–Trinajstić information content (AvgIpc) is 1.99. The summed E-state index contributed by atoms with van der Waals surface area (Å²) in [6.07, 6.45) is 1.92. The van der Waals surface area contributed by atoms with Crippen molar-refractivity contribution in [3.63, 3.8) is 0 Å². The Bertz CT molecular complexity index is 182. The van der Waals surface area contributed by atoms with Gasteiger partial charge in [-0.1, -0.05) is 6.08 Å². The van der Waals surface area contributed by atoms with Crippen LogP contribution < -0.4 is 0 Å². The minimum Gasteiger partial charge on any atom is -0.389 e. The summed E-state index contributed by atoms with van der Waals surface area (Å²) in [4.78, 5) is 13.0. The zero-order valence-corrected chi connectivity index (χ0v) is 8.71. The van der Waals surface area contributed by atoms with Gasteiger partial charge in [0.25, 0.3) is 0 Å². The minimum atomic E-state index is -0.827. The molecule has 0 rings (SSSR count). The summed E-state index contributed by atoms with van der Waals surface area (Å²) >= 11 is 0. The molecule has 3 heteroatoms. The van der Waals surface area contributed by atoms with Gasteiger partial charge in [0.05, 0.1) is 5.60 Å². The van der Waals surface area contributed by atoms with E-state index in [1.807, 2.05) is 6.92 Å². The second-order valence-electron chi connectivity index (χ2n) is 3.71. The average molecular weight is 185 g/mol. The van der Waals surface area contributed by atoms with Gasteiger partial charge in [0, 0.05) is 19.5 Å². The largest absolute Gasteiger partial charge is 0.389 e. The van der Waals surface area contributed by atoms with Crippen molar-refractivity contribution >= 4 is 5.91 Å². The molecule has 3 nitrogen and oxygen atoms in total. The Morgan fingerprint density at radius 2 is 2.15 bits per heavy atom. The van der Waals surface area contributed by atoms with E-state index in [4.69, 9.17) is 0 Å². The molecular formula is C10H19NO2. The monoisotopic (exact) mass is 185 g/mol. The van der Waals surface area contributed by atoms with Crippen LogP contribution in [0, 0.1) is 0 Å². The molecule has 0 aliphatic heterocycles. The first-order valence-corrected chi connectivity index (χ1v) is 4.51. The first-order chi connectivity index (χ1) is 5.90. The fraction of sp³-hybridized carbons (Fsp3) is 0.700. The molecule has 0 heterocycles. The minimum absolute atomic E-state index is 0.0135. The molecule has 1 amide bonds. The summed E-state index contributed by atoms with van der Waals surface area (Å²) in [6, 6.07) is 0. The van der Waals surface area contributed by atoms with Crippen molar-refractivity contribution in [2.45, 2.75) is 32.8 Å². The third-order valence-electron chi connectivity index (χ3n) is 1.63. The molecule has 0 aromatic rings. The third kappa shape index (κ3) is 5.42. The Balaban J connectivity index is 4.17.